The Bertz CT molecular complexity index is 1330. The molecule has 2 aromatic carbocycles. The van der Waals surface area contributed by atoms with Crippen molar-refractivity contribution in [1.82, 2.24) is 19.2 Å². The van der Waals surface area contributed by atoms with Crippen LogP contribution in [-0.2, 0) is 12.7 Å². The quantitative estimate of drug-likeness (QED) is 0.549. The molecule has 1 amide bonds. The van der Waals surface area contributed by atoms with Crippen molar-refractivity contribution in [2.75, 3.05) is 7.05 Å². The summed E-state index contributed by atoms with van der Waals surface area (Å²) in [7, 11) is 1.61. The van der Waals surface area contributed by atoms with Crippen molar-refractivity contribution in [2.45, 2.75) is 50.9 Å². The molecule has 0 N–H and O–H groups in total. The zero-order valence-corrected chi connectivity index (χ0v) is 19.2. The third kappa shape index (κ3) is 5.21. The van der Waals surface area contributed by atoms with E-state index in [2.05, 4.69) is 5.10 Å². The minimum Gasteiger partial charge on any atom is -0.337 e. The van der Waals surface area contributed by atoms with E-state index in [9.17, 15) is 27.6 Å². The number of alkyl halides is 3. The second kappa shape index (κ2) is 9.89. The van der Waals surface area contributed by atoms with Gasteiger partial charge in [0.25, 0.3) is 11.5 Å². The van der Waals surface area contributed by atoms with Crippen LogP contribution in [0.5, 0.6) is 0 Å². The monoisotopic (exact) mass is 486 g/mol. The molecule has 3 aromatic rings. The molecule has 1 aromatic heterocycles. The number of nitrogens with zero attached hydrogens (tertiary/aromatic N) is 4. The zero-order valence-electron chi connectivity index (χ0n) is 19.2. The number of amides is 1. The molecule has 4 rings (SSSR count). The van der Waals surface area contributed by atoms with E-state index in [-0.39, 0.29) is 11.6 Å². The highest BCUT2D eigenvalue weighted by atomic mass is 19.4. The van der Waals surface area contributed by atoms with E-state index in [1.165, 1.54) is 17.0 Å². The lowest BCUT2D eigenvalue weighted by atomic mass is 9.94. The van der Waals surface area contributed by atoms with E-state index in [1.54, 1.807) is 37.4 Å². The van der Waals surface area contributed by atoms with E-state index in [1.807, 2.05) is 0 Å². The first-order valence-electron chi connectivity index (χ1n) is 11.4. The molecular weight excluding hydrogens is 461 g/mol. The lowest BCUT2D eigenvalue weighted by molar-refractivity contribution is -0.137. The van der Waals surface area contributed by atoms with Crippen LogP contribution in [0.25, 0.3) is 5.69 Å². The number of carbonyl (C=O) groups excluding carboxylic acids is 1. The standard InChI is InChI=1S/C25H25F3N4O3/c1-30(19-11-4-2-5-12-19)22(33)21-23(34)31(16-17-9-8-10-18(15-17)25(26,27)28)24(35)32(29-21)20-13-6-3-7-14-20/h3,6-10,13-15,19H,2,4-5,11-12,16H2,1H3. The summed E-state index contributed by atoms with van der Waals surface area (Å²) < 4.78 is 41.3. The van der Waals surface area contributed by atoms with Gasteiger partial charge in [-0.1, -0.05) is 49.6 Å². The number of hydrogen-bond donors (Lipinski definition) is 0. The zero-order chi connectivity index (χ0) is 25.2. The van der Waals surface area contributed by atoms with Crippen LogP contribution in [0.4, 0.5) is 13.2 Å². The first kappa shape index (κ1) is 24.4. The SMILES string of the molecule is CN(C(=O)c1nn(-c2ccccc2)c(=O)n(Cc2cccc(C(F)(F)F)c2)c1=O)C1CCCCC1. The molecule has 7 nitrogen and oxygen atoms in total. The Morgan fingerprint density at radius 3 is 2.37 bits per heavy atom. The molecule has 0 spiro atoms. The molecule has 0 saturated heterocycles. The summed E-state index contributed by atoms with van der Waals surface area (Å²) in [6, 6.07) is 12.6. The fraction of sp³-hybridized carbons (Fsp3) is 0.360. The van der Waals surface area contributed by atoms with Gasteiger partial charge in [0, 0.05) is 13.1 Å². The van der Waals surface area contributed by atoms with Crippen molar-refractivity contribution in [3.63, 3.8) is 0 Å². The molecule has 0 unspecified atom stereocenters. The summed E-state index contributed by atoms with van der Waals surface area (Å²) in [6.45, 7) is -0.440. The molecule has 1 saturated carbocycles. The first-order valence-corrected chi connectivity index (χ1v) is 11.4. The van der Waals surface area contributed by atoms with Crippen LogP contribution in [0, 0.1) is 0 Å². The minimum atomic E-state index is -4.58. The molecule has 184 valence electrons. The second-order valence-corrected chi connectivity index (χ2v) is 8.68. The Labute approximate surface area is 199 Å². The Morgan fingerprint density at radius 1 is 1.03 bits per heavy atom. The number of hydrogen-bond acceptors (Lipinski definition) is 4. The number of aromatic nitrogens is 3. The van der Waals surface area contributed by atoms with Gasteiger partial charge in [-0.3, -0.25) is 14.2 Å². The van der Waals surface area contributed by atoms with Crippen LogP contribution in [-0.4, -0.2) is 38.2 Å². The smallest absolute Gasteiger partial charge is 0.337 e. The molecule has 0 aliphatic heterocycles. The van der Waals surface area contributed by atoms with Gasteiger partial charge >= 0.3 is 11.9 Å². The van der Waals surface area contributed by atoms with Gasteiger partial charge in [0.2, 0.25) is 5.69 Å². The molecule has 0 atom stereocenters. The van der Waals surface area contributed by atoms with Crippen molar-refractivity contribution in [1.29, 1.82) is 0 Å². The fourth-order valence-corrected chi connectivity index (χ4v) is 4.36. The summed E-state index contributed by atoms with van der Waals surface area (Å²) in [4.78, 5) is 41.4. The Hall–Kier alpha value is -3.69. The average Bonchev–Trinajstić information content (AvgIpc) is 2.86. The Morgan fingerprint density at radius 2 is 1.71 bits per heavy atom. The van der Waals surface area contributed by atoms with Crippen molar-refractivity contribution >= 4 is 5.91 Å². The highest BCUT2D eigenvalue weighted by Crippen LogP contribution is 2.29. The van der Waals surface area contributed by atoms with Crippen LogP contribution < -0.4 is 11.2 Å². The number of benzene rings is 2. The number of halogens is 3. The van der Waals surface area contributed by atoms with Crippen LogP contribution in [0.1, 0.15) is 53.7 Å². The second-order valence-electron chi connectivity index (χ2n) is 8.68. The van der Waals surface area contributed by atoms with Gasteiger partial charge in [0.1, 0.15) is 0 Å². The van der Waals surface area contributed by atoms with Crippen molar-refractivity contribution < 1.29 is 18.0 Å². The van der Waals surface area contributed by atoms with Crippen LogP contribution in [0.3, 0.4) is 0 Å². The number of carbonyl (C=O) groups is 1. The molecule has 1 heterocycles. The Kier molecular flexibility index (Phi) is 6.90. The first-order chi connectivity index (χ1) is 16.7. The van der Waals surface area contributed by atoms with Crippen LogP contribution in [0.2, 0.25) is 0 Å². The maximum absolute atomic E-state index is 13.3. The van der Waals surface area contributed by atoms with E-state index < -0.39 is 41.1 Å². The maximum Gasteiger partial charge on any atom is 0.416 e. The maximum atomic E-state index is 13.3. The topological polar surface area (TPSA) is 77.2 Å². The van der Waals surface area contributed by atoms with Gasteiger partial charge in [-0.25, -0.2) is 4.79 Å². The third-order valence-corrected chi connectivity index (χ3v) is 6.30. The molecule has 1 aliphatic carbocycles. The summed E-state index contributed by atoms with van der Waals surface area (Å²) >= 11 is 0. The van der Waals surface area contributed by atoms with E-state index >= 15 is 0 Å². The molecule has 0 radical (unpaired) electrons. The molecule has 1 aliphatic rings. The highest BCUT2D eigenvalue weighted by molar-refractivity contribution is 5.91. The van der Waals surface area contributed by atoms with Gasteiger partial charge < -0.3 is 4.90 Å². The minimum absolute atomic E-state index is 0.0496. The fourth-order valence-electron chi connectivity index (χ4n) is 4.36. The highest BCUT2D eigenvalue weighted by Gasteiger charge is 2.31. The summed E-state index contributed by atoms with van der Waals surface area (Å²) in [6.07, 6.45) is 0.0583. The van der Waals surface area contributed by atoms with Gasteiger partial charge in [-0.05, 0) is 42.7 Å². The molecule has 10 heteroatoms. The van der Waals surface area contributed by atoms with Gasteiger partial charge in [-0.15, -0.1) is 0 Å². The van der Waals surface area contributed by atoms with Gasteiger partial charge in [0.05, 0.1) is 17.8 Å². The molecule has 0 bridgehead atoms. The summed E-state index contributed by atoms with van der Waals surface area (Å²) in [5.74, 6) is -0.621. The van der Waals surface area contributed by atoms with E-state index in [0.717, 1.165) is 53.5 Å². The predicted molar refractivity (Wildman–Crippen MR) is 124 cm³/mol. The largest absolute Gasteiger partial charge is 0.416 e. The summed E-state index contributed by atoms with van der Waals surface area (Å²) in [5, 5.41) is 4.12. The third-order valence-electron chi connectivity index (χ3n) is 6.30. The van der Waals surface area contributed by atoms with Crippen LogP contribution >= 0.6 is 0 Å². The predicted octanol–water partition coefficient (Wildman–Crippen LogP) is 3.87. The molecular formula is C25H25F3N4O3. The van der Waals surface area contributed by atoms with Crippen LogP contribution in [0.15, 0.2) is 64.2 Å². The van der Waals surface area contributed by atoms with E-state index in [4.69, 9.17) is 0 Å². The molecule has 35 heavy (non-hydrogen) atoms. The van der Waals surface area contributed by atoms with Gasteiger partial charge in [0.15, 0.2) is 0 Å². The molecule has 1 fully saturated rings. The van der Waals surface area contributed by atoms with E-state index in [0.29, 0.717) is 5.69 Å². The van der Waals surface area contributed by atoms with Crippen molar-refractivity contribution in [3.05, 3.63) is 92.3 Å². The normalized spacial score (nSPS) is 14.6. The Balaban J connectivity index is 1.82. The van der Waals surface area contributed by atoms with Crippen molar-refractivity contribution in [2.24, 2.45) is 0 Å². The lowest BCUT2D eigenvalue weighted by Gasteiger charge is -2.30. The summed E-state index contributed by atoms with van der Waals surface area (Å²) in [5.41, 5.74) is -2.71. The number of rotatable bonds is 5. The average molecular weight is 486 g/mol. The van der Waals surface area contributed by atoms with Crippen molar-refractivity contribution in [3.8, 4) is 5.69 Å². The lowest BCUT2D eigenvalue weighted by Crippen LogP contribution is -2.48. The number of para-hydroxylation sites is 1. The van der Waals surface area contributed by atoms with Gasteiger partial charge in [-0.2, -0.15) is 23.0 Å².